The van der Waals surface area contributed by atoms with Gasteiger partial charge in [-0.2, -0.15) is 36.6 Å². The van der Waals surface area contributed by atoms with Crippen LogP contribution >= 0.6 is 0 Å². The van der Waals surface area contributed by atoms with Crippen LogP contribution < -0.4 is 10.6 Å². The van der Waals surface area contributed by atoms with Crippen LogP contribution in [-0.4, -0.2) is 24.2 Å². The maximum atomic E-state index is 12.3. The number of hydrogen-bond acceptors (Lipinski definition) is 4. The number of benzene rings is 3. The van der Waals surface area contributed by atoms with Crippen molar-refractivity contribution in [2.75, 3.05) is 10.6 Å². The second kappa shape index (κ2) is 9.73. The van der Waals surface area contributed by atoms with Crippen LogP contribution in [0.1, 0.15) is 0 Å². The van der Waals surface area contributed by atoms with Gasteiger partial charge in [-0.05, 0) is 59.7 Å². The number of halogens is 6. The summed E-state index contributed by atoms with van der Waals surface area (Å²) in [6.07, 6.45) is -9.97. The molecule has 0 heterocycles. The predicted octanol–water partition coefficient (Wildman–Crippen LogP) is 6.77. The zero-order valence-electron chi connectivity index (χ0n) is 16.9. The number of anilines is 2. The van der Waals surface area contributed by atoms with Crippen LogP contribution in [0.3, 0.4) is 0 Å². The van der Waals surface area contributed by atoms with Gasteiger partial charge < -0.3 is 10.6 Å². The monoisotopic (exact) mass is 480 g/mol. The van der Waals surface area contributed by atoms with Gasteiger partial charge in [0, 0.05) is 11.4 Å². The van der Waals surface area contributed by atoms with E-state index in [0.717, 1.165) is 5.56 Å². The van der Waals surface area contributed by atoms with Gasteiger partial charge in [-0.25, -0.2) is 0 Å². The number of azo groups is 1. The molecule has 0 radical (unpaired) electrons. The molecule has 0 fully saturated rings. The summed E-state index contributed by atoms with van der Waals surface area (Å²) < 4.78 is 73.7. The van der Waals surface area contributed by atoms with E-state index >= 15 is 0 Å². The standard InChI is InChI=1S/C22H14F6N4O2/c23-21(24,25)19(33)29-15-5-1-13(2-6-15)14-3-7-17(8-4-14)31-32-18-11-9-16(10-12-18)30-20(34)22(26,27)28/h1-12H,(H,29,33)(H,30,34). The molecular formula is C22H14F6N4O2. The van der Waals surface area contributed by atoms with Crippen LogP contribution in [0.25, 0.3) is 11.1 Å². The molecule has 2 N–H and O–H groups in total. The Morgan fingerprint density at radius 2 is 0.824 bits per heavy atom. The Balaban J connectivity index is 1.61. The minimum Gasteiger partial charge on any atom is -0.318 e. The molecule has 0 bridgehead atoms. The molecule has 176 valence electrons. The van der Waals surface area contributed by atoms with Crippen LogP contribution in [0.2, 0.25) is 0 Å². The van der Waals surface area contributed by atoms with Gasteiger partial charge in [0.1, 0.15) is 0 Å². The molecule has 2 amide bonds. The maximum Gasteiger partial charge on any atom is 0.471 e. The first-order valence-corrected chi connectivity index (χ1v) is 9.40. The first-order valence-electron chi connectivity index (χ1n) is 9.40. The molecule has 34 heavy (non-hydrogen) atoms. The van der Waals surface area contributed by atoms with Crippen LogP contribution in [-0.2, 0) is 9.59 Å². The summed E-state index contributed by atoms with van der Waals surface area (Å²) in [5.41, 5.74) is 2.18. The van der Waals surface area contributed by atoms with Gasteiger partial charge in [0.05, 0.1) is 11.4 Å². The van der Waals surface area contributed by atoms with Gasteiger partial charge >= 0.3 is 24.2 Å². The Morgan fingerprint density at radius 1 is 0.529 bits per heavy atom. The molecule has 3 aromatic rings. The zero-order chi connectivity index (χ0) is 24.9. The second-order valence-corrected chi connectivity index (χ2v) is 6.77. The van der Waals surface area contributed by atoms with Crippen LogP contribution in [0.4, 0.5) is 49.1 Å². The Labute approximate surface area is 188 Å². The van der Waals surface area contributed by atoms with Crippen LogP contribution in [0.5, 0.6) is 0 Å². The number of nitrogens with one attached hydrogen (secondary N) is 2. The fourth-order valence-corrected chi connectivity index (χ4v) is 2.60. The lowest BCUT2D eigenvalue weighted by Gasteiger charge is -2.09. The van der Waals surface area contributed by atoms with Gasteiger partial charge in [-0.15, -0.1) is 0 Å². The summed E-state index contributed by atoms with van der Waals surface area (Å²) >= 11 is 0. The highest BCUT2D eigenvalue weighted by atomic mass is 19.4. The summed E-state index contributed by atoms with van der Waals surface area (Å²) in [6.45, 7) is 0. The molecule has 0 saturated heterocycles. The van der Waals surface area contributed by atoms with E-state index in [2.05, 4.69) is 10.2 Å². The van der Waals surface area contributed by atoms with Gasteiger partial charge in [-0.1, -0.05) is 24.3 Å². The van der Waals surface area contributed by atoms with Crippen molar-refractivity contribution >= 4 is 34.6 Å². The lowest BCUT2D eigenvalue weighted by Crippen LogP contribution is -2.29. The first kappa shape index (κ1) is 24.4. The summed E-state index contributed by atoms with van der Waals surface area (Å²) in [5.74, 6) is -4.14. The van der Waals surface area contributed by atoms with Gasteiger partial charge in [0.25, 0.3) is 0 Å². The van der Waals surface area contributed by atoms with Gasteiger partial charge in [0.15, 0.2) is 0 Å². The van der Waals surface area contributed by atoms with E-state index in [4.69, 9.17) is 0 Å². The molecule has 12 heteroatoms. The fraction of sp³-hybridized carbons (Fsp3) is 0.0909. The van der Waals surface area contributed by atoms with Crippen molar-refractivity contribution < 1.29 is 35.9 Å². The zero-order valence-corrected chi connectivity index (χ0v) is 16.9. The highest BCUT2D eigenvalue weighted by Gasteiger charge is 2.39. The van der Waals surface area contributed by atoms with E-state index in [9.17, 15) is 35.9 Å². The van der Waals surface area contributed by atoms with Gasteiger partial charge in [-0.3, -0.25) is 9.59 Å². The molecule has 0 spiro atoms. The average molecular weight is 480 g/mol. The third-order valence-electron chi connectivity index (χ3n) is 4.26. The predicted molar refractivity (Wildman–Crippen MR) is 112 cm³/mol. The minimum atomic E-state index is -4.99. The highest BCUT2D eigenvalue weighted by Crippen LogP contribution is 2.27. The lowest BCUT2D eigenvalue weighted by molar-refractivity contribution is -0.167. The van der Waals surface area contributed by atoms with Crippen molar-refractivity contribution in [3.63, 3.8) is 0 Å². The van der Waals surface area contributed by atoms with Gasteiger partial charge in [0.2, 0.25) is 0 Å². The molecule has 0 aliphatic rings. The van der Waals surface area contributed by atoms with E-state index in [1.54, 1.807) is 47.0 Å². The van der Waals surface area contributed by atoms with Crippen molar-refractivity contribution in [2.24, 2.45) is 10.2 Å². The Hall–Kier alpha value is -4.22. The molecular weight excluding hydrogens is 466 g/mol. The van der Waals surface area contributed by atoms with Crippen molar-refractivity contribution in [1.29, 1.82) is 0 Å². The van der Waals surface area contributed by atoms with Crippen LogP contribution in [0, 0.1) is 0 Å². The van der Waals surface area contributed by atoms with E-state index in [1.807, 2.05) is 0 Å². The average Bonchev–Trinajstić information content (AvgIpc) is 2.78. The molecule has 3 aromatic carbocycles. The summed E-state index contributed by atoms with van der Waals surface area (Å²) in [6, 6.07) is 17.7. The number of alkyl halides is 6. The third kappa shape index (κ3) is 6.64. The highest BCUT2D eigenvalue weighted by molar-refractivity contribution is 5.95. The topological polar surface area (TPSA) is 82.9 Å². The number of nitrogens with zero attached hydrogens (tertiary/aromatic N) is 2. The van der Waals surface area contributed by atoms with Crippen molar-refractivity contribution in [1.82, 2.24) is 0 Å². The van der Waals surface area contributed by atoms with E-state index in [0.29, 0.717) is 16.9 Å². The molecule has 0 saturated carbocycles. The SMILES string of the molecule is O=C(Nc1ccc(N=Nc2ccc(-c3ccc(NC(=O)C(F)(F)F)cc3)cc2)cc1)C(F)(F)F. The number of amides is 2. The van der Waals surface area contributed by atoms with Crippen molar-refractivity contribution in [3.05, 3.63) is 72.8 Å². The molecule has 0 aliphatic heterocycles. The molecule has 0 aliphatic carbocycles. The molecule has 0 aromatic heterocycles. The summed E-state index contributed by atoms with van der Waals surface area (Å²) in [4.78, 5) is 21.9. The number of hydrogen-bond donors (Lipinski definition) is 2. The van der Waals surface area contributed by atoms with Crippen molar-refractivity contribution in [3.8, 4) is 11.1 Å². The first-order chi connectivity index (χ1) is 15.9. The van der Waals surface area contributed by atoms with Crippen molar-refractivity contribution in [2.45, 2.75) is 12.4 Å². The largest absolute Gasteiger partial charge is 0.471 e. The Kier molecular flexibility index (Phi) is 6.99. The smallest absolute Gasteiger partial charge is 0.318 e. The Bertz CT molecular complexity index is 1190. The summed E-state index contributed by atoms with van der Waals surface area (Å²) in [7, 11) is 0. The quantitative estimate of drug-likeness (QED) is 0.312. The summed E-state index contributed by atoms with van der Waals surface area (Å²) in [5, 5.41) is 11.5. The number of carbonyl (C=O) groups excluding carboxylic acids is 2. The second-order valence-electron chi connectivity index (χ2n) is 6.77. The van der Waals surface area contributed by atoms with E-state index in [1.165, 1.54) is 36.4 Å². The maximum absolute atomic E-state index is 12.3. The molecule has 0 atom stereocenters. The van der Waals surface area contributed by atoms with E-state index in [-0.39, 0.29) is 11.4 Å². The minimum absolute atomic E-state index is 0.000450. The number of carbonyl (C=O) groups is 2. The fourth-order valence-electron chi connectivity index (χ4n) is 2.60. The normalized spacial score (nSPS) is 11.9. The molecule has 0 unspecified atom stereocenters. The number of rotatable bonds is 5. The Morgan fingerprint density at radius 3 is 1.18 bits per heavy atom. The molecule has 3 rings (SSSR count). The van der Waals surface area contributed by atoms with Crippen LogP contribution in [0.15, 0.2) is 83.0 Å². The third-order valence-corrected chi connectivity index (χ3v) is 4.26. The van der Waals surface area contributed by atoms with E-state index < -0.39 is 24.2 Å². The molecule has 6 nitrogen and oxygen atoms in total. The lowest BCUT2D eigenvalue weighted by atomic mass is 10.1.